The Labute approximate surface area is 154 Å². The maximum Gasteiger partial charge on any atom is 0.313 e. The molecule has 2 aromatic carbocycles. The first-order chi connectivity index (χ1) is 13.0. The molecule has 140 valence electrons. The van der Waals surface area contributed by atoms with E-state index in [1.807, 2.05) is 42.3 Å². The number of nitrogens with one attached hydrogen (secondary N) is 3. The minimum absolute atomic E-state index is 0.199. The van der Waals surface area contributed by atoms with Gasteiger partial charge in [0.1, 0.15) is 0 Å². The number of nitrogens with zero attached hydrogens (tertiary/aromatic N) is 1. The van der Waals surface area contributed by atoms with E-state index < -0.39 is 23.4 Å². The summed E-state index contributed by atoms with van der Waals surface area (Å²) in [6.45, 7) is 0.784. The predicted octanol–water partition coefficient (Wildman–Crippen LogP) is 2.64. The second-order valence-electron chi connectivity index (χ2n) is 5.98. The molecule has 0 aliphatic heterocycles. The summed E-state index contributed by atoms with van der Waals surface area (Å²) in [7, 11) is 1.88. The average Bonchev–Trinajstić information content (AvgIpc) is 3.04. The number of benzene rings is 2. The topological polar surface area (TPSA) is 77.2 Å². The van der Waals surface area contributed by atoms with Crippen LogP contribution in [0.3, 0.4) is 0 Å². The Kier molecular flexibility index (Phi) is 5.35. The lowest BCUT2D eigenvalue weighted by molar-refractivity contribution is -0.136. The third-order valence-corrected chi connectivity index (χ3v) is 4.11. The standard InChI is InChI=1S/C19H18F2N4O2/c1-25(12-5-3-2-4-6-12)8-7-22-18(26)19(27)24-17-11-23-16-10-15(21)14(20)9-13(16)17/h2-6,9-11,23H,7-8H2,1H3,(H,22,26)(H,24,27). The Hall–Kier alpha value is -3.42. The highest BCUT2D eigenvalue weighted by Gasteiger charge is 2.16. The van der Waals surface area contributed by atoms with Gasteiger partial charge in [-0.3, -0.25) is 9.59 Å². The molecule has 0 bridgehead atoms. The summed E-state index contributed by atoms with van der Waals surface area (Å²) in [5, 5.41) is 5.20. The van der Waals surface area contributed by atoms with Crippen molar-refractivity contribution in [2.45, 2.75) is 0 Å². The number of aromatic amines is 1. The quantitative estimate of drug-likeness (QED) is 0.603. The first-order valence-electron chi connectivity index (χ1n) is 8.27. The number of fused-ring (bicyclic) bond motifs is 1. The highest BCUT2D eigenvalue weighted by molar-refractivity contribution is 6.40. The van der Waals surface area contributed by atoms with Crippen molar-refractivity contribution in [3.63, 3.8) is 0 Å². The lowest BCUT2D eigenvalue weighted by atomic mass is 10.2. The number of anilines is 2. The van der Waals surface area contributed by atoms with Crippen molar-refractivity contribution >= 4 is 34.1 Å². The van der Waals surface area contributed by atoms with Gasteiger partial charge in [0.2, 0.25) is 0 Å². The van der Waals surface area contributed by atoms with Crippen LogP contribution in [0.25, 0.3) is 10.9 Å². The summed E-state index contributed by atoms with van der Waals surface area (Å²) < 4.78 is 26.6. The Balaban J connectivity index is 1.55. The van der Waals surface area contributed by atoms with Crippen LogP contribution in [0.2, 0.25) is 0 Å². The van der Waals surface area contributed by atoms with Crippen LogP contribution >= 0.6 is 0 Å². The molecule has 3 N–H and O–H groups in total. The minimum atomic E-state index is -1.04. The maximum atomic E-state index is 13.4. The molecular weight excluding hydrogens is 354 g/mol. The van der Waals surface area contributed by atoms with Crippen LogP contribution in [0.15, 0.2) is 48.7 Å². The molecule has 1 aromatic heterocycles. The monoisotopic (exact) mass is 372 g/mol. The molecule has 0 atom stereocenters. The van der Waals surface area contributed by atoms with Crippen molar-refractivity contribution in [1.29, 1.82) is 0 Å². The largest absolute Gasteiger partial charge is 0.373 e. The molecule has 0 unspecified atom stereocenters. The van der Waals surface area contributed by atoms with E-state index in [9.17, 15) is 18.4 Å². The zero-order chi connectivity index (χ0) is 19.4. The molecule has 1 heterocycles. The maximum absolute atomic E-state index is 13.4. The summed E-state index contributed by atoms with van der Waals surface area (Å²) in [5.41, 5.74) is 1.50. The molecule has 0 aliphatic rings. The normalized spacial score (nSPS) is 10.6. The number of hydrogen-bond donors (Lipinski definition) is 3. The lowest BCUT2D eigenvalue weighted by Crippen LogP contribution is -2.39. The van der Waals surface area contributed by atoms with Crippen molar-refractivity contribution in [1.82, 2.24) is 10.3 Å². The zero-order valence-electron chi connectivity index (χ0n) is 14.6. The number of carbonyl (C=O) groups excluding carboxylic acids is 2. The van der Waals surface area contributed by atoms with Crippen LogP contribution in [-0.2, 0) is 9.59 Å². The van der Waals surface area contributed by atoms with Crippen molar-refractivity contribution in [3.05, 3.63) is 60.3 Å². The van der Waals surface area contributed by atoms with Crippen molar-refractivity contribution < 1.29 is 18.4 Å². The van der Waals surface area contributed by atoms with Gasteiger partial charge in [-0.15, -0.1) is 0 Å². The Morgan fingerprint density at radius 2 is 1.78 bits per heavy atom. The van der Waals surface area contributed by atoms with Crippen molar-refractivity contribution in [2.24, 2.45) is 0 Å². The average molecular weight is 372 g/mol. The third-order valence-electron chi connectivity index (χ3n) is 4.11. The van der Waals surface area contributed by atoms with Gasteiger partial charge < -0.3 is 20.5 Å². The number of amides is 2. The van der Waals surface area contributed by atoms with Crippen LogP contribution < -0.4 is 15.5 Å². The zero-order valence-corrected chi connectivity index (χ0v) is 14.6. The van der Waals surface area contributed by atoms with E-state index in [-0.39, 0.29) is 17.6 Å². The Morgan fingerprint density at radius 1 is 1.07 bits per heavy atom. The highest BCUT2D eigenvalue weighted by atomic mass is 19.2. The number of rotatable bonds is 5. The molecule has 3 aromatic rings. The molecule has 8 heteroatoms. The second-order valence-corrected chi connectivity index (χ2v) is 5.98. The number of H-pyrrole nitrogens is 1. The van der Waals surface area contributed by atoms with Crippen molar-refractivity contribution in [3.8, 4) is 0 Å². The molecule has 0 aliphatic carbocycles. The molecule has 0 saturated carbocycles. The van der Waals surface area contributed by atoms with E-state index in [0.29, 0.717) is 12.1 Å². The van der Waals surface area contributed by atoms with Gasteiger partial charge in [0.25, 0.3) is 0 Å². The fourth-order valence-corrected chi connectivity index (χ4v) is 2.63. The summed E-state index contributed by atoms with van der Waals surface area (Å²) in [5.74, 6) is -3.73. The number of halogens is 2. The van der Waals surface area contributed by atoms with Crippen LogP contribution in [0.4, 0.5) is 20.2 Å². The molecule has 27 heavy (non-hydrogen) atoms. The first-order valence-corrected chi connectivity index (χ1v) is 8.27. The molecular formula is C19H18F2N4O2. The molecule has 0 spiro atoms. The van der Waals surface area contributed by atoms with Gasteiger partial charge in [0, 0.05) is 43.5 Å². The SMILES string of the molecule is CN(CCNC(=O)C(=O)Nc1c[nH]c2cc(F)c(F)cc12)c1ccccc1. The van der Waals surface area contributed by atoms with Crippen LogP contribution in [-0.4, -0.2) is 36.9 Å². The number of hydrogen-bond acceptors (Lipinski definition) is 3. The van der Waals surface area contributed by atoms with E-state index in [1.165, 1.54) is 6.20 Å². The van der Waals surface area contributed by atoms with Gasteiger partial charge in [0.15, 0.2) is 11.6 Å². The number of aromatic nitrogens is 1. The van der Waals surface area contributed by atoms with E-state index in [0.717, 1.165) is 17.8 Å². The molecule has 2 amide bonds. The van der Waals surface area contributed by atoms with E-state index in [4.69, 9.17) is 0 Å². The second kappa shape index (κ2) is 7.86. The van der Waals surface area contributed by atoms with Crippen molar-refractivity contribution in [2.75, 3.05) is 30.4 Å². The van der Waals surface area contributed by atoms with Gasteiger partial charge in [-0.05, 0) is 18.2 Å². The molecule has 3 rings (SSSR count). The molecule has 6 nitrogen and oxygen atoms in total. The fraction of sp³-hybridized carbons (Fsp3) is 0.158. The fourth-order valence-electron chi connectivity index (χ4n) is 2.63. The number of likely N-dealkylation sites (N-methyl/N-ethyl adjacent to an activating group) is 1. The van der Waals surface area contributed by atoms with E-state index in [1.54, 1.807) is 0 Å². The Bertz CT molecular complexity index is 973. The summed E-state index contributed by atoms with van der Waals surface area (Å²) in [6.07, 6.45) is 1.37. The first kappa shape index (κ1) is 18.4. The van der Waals surface area contributed by atoms with Gasteiger partial charge in [-0.1, -0.05) is 18.2 Å². The van der Waals surface area contributed by atoms with Crippen LogP contribution in [0.1, 0.15) is 0 Å². The van der Waals surface area contributed by atoms with Gasteiger partial charge in [-0.2, -0.15) is 0 Å². The summed E-state index contributed by atoms with van der Waals surface area (Å²) in [6, 6.07) is 11.6. The summed E-state index contributed by atoms with van der Waals surface area (Å²) >= 11 is 0. The smallest absolute Gasteiger partial charge is 0.313 e. The lowest BCUT2D eigenvalue weighted by Gasteiger charge is -2.19. The van der Waals surface area contributed by atoms with Crippen LogP contribution in [0.5, 0.6) is 0 Å². The molecule has 0 radical (unpaired) electrons. The minimum Gasteiger partial charge on any atom is -0.373 e. The molecule has 0 saturated heterocycles. The van der Waals surface area contributed by atoms with Gasteiger partial charge >= 0.3 is 11.8 Å². The number of para-hydroxylation sites is 1. The van der Waals surface area contributed by atoms with Crippen LogP contribution in [0, 0.1) is 11.6 Å². The van der Waals surface area contributed by atoms with Gasteiger partial charge in [0.05, 0.1) is 11.2 Å². The molecule has 0 fully saturated rings. The van der Waals surface area contributed by atoms with E-state index in [2.05, 4.69) is 15.6 Å². The third kappa shape index (κ3) is 4.22. The summed E-state index contributed by atoms with van der Waals surface area (Å²) in [4.78, 5) is 28.6. The predicted molar refractivity (Wildman–Crippen MR) is 99.6 cm³/mol. The Morgan fingerprint density at radius 3 is 2.52 bits per heavy atom. The highest BCUT2D eigenvalue weighted by Crippen LogP contribution is 2.25. The van der Waals surface area contributed by atoms with Gasteiger partial charge in [-0.25, -0.2) is 8.78 Å². The number of carbonyl (C=O) groups is 2. The van der Waals surface area contributed by atoms with E-state index >= 15 is 0 Å².